The Kier molecular flexibility index (Phi) is 1.15. The van der Waals surface area contributed by atoms with Crippen molar-refractivity contribution in [2.75, 3.05) is 0 Å². The van der Waals surface area contributed by atoms with Crippen molar-refractivity contribution in [3.63, 3.8) is 0 Å². The molecule has 0 radical (unpaired) electrons. The number of rotatable bonds is 0. The topological polar surface area (TPSA) is 62.5 Å². The fourth-order valence-corrected chi connectivity index (χ4v) is 0.297. The van der Waals surface area contributed by atoms with E-state index in [0.717, 1.165) is 0 Å². The molecule has 4 heteroatoms. The molecule has 0 saturated carbocycles. The lowest BCUT2D eigenvalue weighted by Crippen LogP contribution is -1.84. The minimum atomic E-state index is 0.431. The third-order valence-electron chi connectivity index (χ3n) is 0.626. The van der Waals surface area contributed by atoms with Gasteiger partial charge < -0.3 is 0 Å². The second-order valence-corrected chi connectivity index (χ2v) is 1.15. The van der Waals surface area contributed by atoms with Crippen LogP contribution in [0.3, 0.4) is 0 Å². The molecule has 1 aromatic rings. The Labute approximate surface area is 45.8 Å². The Morgan fingerprint density at radius 1 is 1.38 bits per heavy atom. The quantitative estimate of drug-likeness (QED) is 0.457. The molecule has 0 saturated heterocycles. The van der Waals surface area contributed by atoms with E-state index in [-0.39, 0.29) is 0 Å². The SMILES string of the molecule is N#Cc1cnnnc1. The smallest absolute Gasteiger partial charge is 0.103 e. The lowest BCUT2D eigenvalue weighted by Gasteiger charge is -1.77. The summed E-state index contributed by atoms with van der Waals surface area (Å²) in [5.41, 5.74) is 0.431. The van der Waals surface area contributed by atoms with Crippen molar-refractivity contribution >= 4 is 0 Å². The number of hydrogen-bond donors (Lipinski definition) is 0. The average molecular weight is 106 g/mol. The summed E-state index contributed by atoms with van der Waals surface area (Å²) in [7, 11) is 0. The standard InChI is InChI=1S/C4H2N4/c5-1-4-2-6-8-7-3-4/h2-3H. The summed E-state index contributed by atoms with van der Waals surface area (Å²) in [6.45, 7) is 0. The Bertz CT molecular complexity index is 199. The highest BCUT2D eigenvalue weighted by atomic mass is 15.3. The van der Waals surface area contributed by atoms with Crippen LogP contribution in [0.5, 0.6) is 0 Å². The molecule has 0 aliphatic carbocycles. The van der Waals surface area contributed by atoms with Gasteiger partial charge in [0.1, 0.15) is 6.07 Å². The second kappa shape index (κ2) is 1.98. The molecule has 0 unspecified atom stereocenters. The minimum Gasteiger partial charge on any atom is -0.192 e. The first-order chi connectivity index (χ1) is 3.93. The van der Waals surface area contributed by atoms with Crippen LogP contribution >= 0.6 is 0 Å². The van der Waals surface area contributed by atoms with E-state index >= 15 is 0 Å². The molecule has 0 aromatic carbocycles. The van der Waals surface area contributed by atoms with E-state index in [1.807, 2.05) is 6.07 Å². The average Bonchev–Trinajstić information content (AvgIpc) is 1.90. The first-order valence-corrected chi connectivity index (χ1v) is 1.97. The van der Waals surface area contributed by atoms with Crippen molar-refractivity contribution in [1.82, 2.24) is 15.4 Å². The maximum absolute atomic E-state index is 8.18. The van der Waals surface area contributed by atoms with Gasteiger partial charge in [0.25, 0.3) is 0 Å². The Morgan fingerprint density at radius 3 is 2.38 bits per heavy atom. The molecule has 0 fully saturated rings. The maximum Gasteiger partial charge on any atom is 0.103 e. The normalized spacial score (nSPS) is 7.88. The molecule has 0 atom stereocenters. The molecule has 0 amide bonds. The Hall–Kier alpha value is -1.50. The van der Waals surface area contributed by atoms with Crippen molar-refractivity contribution in [2.24, 2.45) is 0 Å². The van der Waals surface area contributed by atoms with Crippen molar-refractivity contribution in [2.45, 2.75) is 0 Å². The van der Waals surface area contributed by atoms with Gasteiger partial charge in [0.2, 0.25) is 0 Å². The van der Waals surface area contributed by atoms with Crippen molar-refractivity contribution in [3.05, 3.63) is 18.0 Å². The second-order valence-electron chi connectivity index (χ2n) is 1.15. The van der Waals surface area contributed by atoms with Gasteiger partial charge in [-0.2, -0.15) is 5.26 Å². The summed E-state index contributed by atoms with van der Waals surface area (Å²) in [4.78, 5) is 0. The van der Waals surface area contributed by atoms with Gasteiger partial charge in [0.15, 0.2) is 0 Å². The molecular weight excluding hydrogens is 104 g/mol. The van der Waals surface area contributed by atoms with E-state index in [4.69, 9.17) is 5.26 Å². The first kappa shape index (κ1) is 4.65. The highest BCUT2D eigenvalue weighted by molar-refractivity contribution is 5.19. The van der Waals surface area contributed by atoms with Crippen LogP contribution in [0.2, 0.25) is 0 Å². The van der Waals surface area contributed by atoms with Gasteiger partial charge in [-0.15, -0.1) is 10.2 Å². The van der Waals surface area contributed by atoms with Crippen LogP contribution in [0.25, 0.3) is 0 Å². The number of nitrogens with zero attached hydrogens (tertiary/aromatic N) is 4. The minimum absolute atomic E-state index is 0.431. The van der Waals surface area contributed by atoms with Crippen LogP contribution in [0, 0.1) is 11.3 Å². The third-order valence-corrected chi connectivity index (χ3v) is 0.626. The van der Waals surface area contributed by atoms with Gasteiger partial charge in [-0.3, -0.25) is 0 Å². The van der Waals surface area contributed by atoms with E-state index in [1.165, 1.54) is 12.4 Å². The van der Waals surface area contributed by atoms with E-state index < -0.39 is 0 Å². The molecule has 38 valence electrons. The lowest BCUT2D eigenvalue weighted by molar-refractivity contribution is 0.860. The van der Waals surface area contributed by atoms with Gasteiger partial charge in [-0.05, 0) is 5.21 Å². The molecule has 4 nitrogen and oxygen atoms in total. The zero-order valence-electron chi connectivity index (χ0n) is 3.94. The lowest BCUT2D eigenvalue weighted by atomic mass is 10.4. The third kappa shape index (κ3) is 0.763. The monoisotopic (exact) mass is 106 g/mol. The number of nitriles is 1. The van der Waals surface area contributed by atoms with E-state index in [9.17, 15) is 0 Å². The van der Waals surface area contributed by atoms with Crippen LogP contribution < -0.4 is 0 Å². The molecule has 0 bridgehead atoms. The zero-order chi connectivity index (χ0) is 5.82. The molecule has 0 spiro atoms. The highest BCUT2D eigenvalue weighted by Gasteiger charge is 1.83. The molecule has 0 N–H and O–H groups in total. The van der Waals surface area contributed by atoms with Crippen LogP contribution in [-0.2, 0) is 0 Å². The predicted molar refractivity (Wildman–Crippen MR) is 24.5 cm³/mol. The Morgan fingerprint density at radius 2 is 2.00 bits per heavy atom. The summed E-state index contributed by atoms with van der Waals surface area (Å²) in [5, 5.41) is 18.2. The van der Waals surface area contributed by atoms with Gasteiger partial charge in [0.05, 0.1) is 18.0 Å². The molecule has 1 aromatic heterocycles. The molecular formula is C4H2N4. The van der Waals surface area contributed by atoms with Gasteiger partial charge in [-0.1, -0.05) is 0 Å². The molecule has 8 heavy (non-hydrogen) atoms. The summed E-state index contributed by atoms with van der Waals surface area (Å²) >= 11 is 0. The van der Waals surface area contributed by atoms with Crippen molar-refractivity contribution < 1.29 is 0 Å². The van der Waals surface area contributed by atoms with E-state index in [1.54, 1.807) is 0 Å². The fraction of sp³-hybridized carbons (Fsp3) is 0. The van der Waals surface area contributed by atoms with Crippen LogP contribution in [0.4, 0.5) is 0 Å². The highest BCUT2D eigenvalue weighted by Crippen LogP contribution is 1.83. The maximum atomic E-state index is 8.18. The fourth-order valence-electron chi connectivity index (χ4n) is 0.297. The van der Waals surface area contributed by atoms with Gasteiger partial charge >= 0.3 is 0 Å². The molecule has 0 aliphatic heterocycles. The Balaban J connectivity index is 3.05. The molecule has 1 heterocycles. The summed E-state index contributed by atoms with van der Waals surface area (Å²) in [6, 6.07) is 1.86. The van der Waals surface area contributed by atoms with Crippen LogP contribution in [0.1, 0.15) is 5.56 Å². The van der Waals surface area contributed by atoms with Crippen molar-refractivity contribution in [1.29, 1.82) is 5.26 Å². The predicted octanol–water partition coefficient (Wildman–Crippen LogP) is -0.257. The summed E-state index contributed by atoms with van der Waals surface area (Å²) in [5.74, 6) is 0. The van der Waals surface area contributed by atoms with E-state index in [0.29, 0.717) is 5.56 Å². The van der Waals surface area contributed by atoms with Crippen LogP contribution in [-0.4, -0.2) is 15.4 Å². The van der Waals surface area contributed by atoms with E-state index in [2.05, 4.69) is 15.4 Å². The van der Waals surface area contributed by atoms with Crippen LogP contribution in [0.15, 0.2) is 12.4 Å². The summed E-state index contributed by atoms with van der Waals surface area (Å²) < 4.78 is 0. The number of hydrogen-bond acceptors (Lipinski definition) is 4. The zero-order valence-corrected chi connectivity index (χ0v) is 3.94. The number of aromatic nitrogens is 3. The van der Waals surface area contributed by atoms with Crippen molar-refractivity contribution in [3.8, 4) is 6.07 Å². The molecule has 1 rings (SSSR count). The van der Waals surface area contributed by atoms with Gasteiger partial charge in [-0.25, -0.2) is 0 Å². The van der Waals surface area contributed by atoms with Gasteiger partial charge in [0, 0.05) is 0 Å². The molecule has 0 aliphatic rings. The largest absolute Gasteiger partial charge is 0.192 e. The first-order valence-electron chi connectivity index (χ1n) is 1.97. The summed E-state index contributed by atoms with van der Waals surface area (Å²) in [6.07, 6.45) is 2.71.